The van der Waals surface area contributed by atoms with E-state index in [0.29, 0.717) is 17.3 Å². The number of allylic oxidation sites excluding steroid dienone is 2. The number of nitrogens with zero attached hydrogens (tertiary/aromatic N) is 2. The summed E-state index contributed by atoms with van der Waals surface area (Å²) >= 11 is 5.07. The van der Waals surface area contributed by atoms with Gasteiger partial charge < -0.3 is 10.6 Å². The van der Waals surface area contributed by atoms with E-state index in [1.807, 2.05) is 12.1 Å². The maximum atomic E-state index is 13.2. The Hall–Kier alpha value is -2.93. The zero-order valence-corrected chi connectivity index (χ0v) is 17.4. The topological polar surface area (TPSA) is 65.1 Å². The monoisotopic (exact) mass is 431 g/mol. The number of rotatable bonds is 5. The highest BCUT2D eigenvalue weighted by atomic mass is 35.5. The van der Waals surface area contributed by atoms with E-state index >= 15 is 0 Å². The third-order valence-corrected chi connectivity index (χ3v) is 4.98. The summed E-state index contributed by atoms with van der Waals surface area (Å²) in [5, 5.41) is 10.0. The summed E-state index contributed by atoms with van der Waals surface area (Å²) in [6.45, 7) is 7.15. The van der Waals surface area contributed by atoms with Gasteiger partial charge in [0.2, 0.25) is 0 Å². The lowest BCUT2D eigenvalue weighted by Gasteiger charge is -2.15. The Morgan fingerprint density at radius 2 is 2.03 bits per heavy atom. The van der Waals surface area contributed by atoms with Gasteiger partial charge in [0.1, 0.15) is 0 Å². The van der Waals surface area contributed by atoms with Crippen molar-refractivity contribution in [3.8, 4) is 0 Å². The van der Waals surface area contributed by atoms with E-state index in [2.05, 4.69) is 39.3 Å². The maximum Gasteiger partial charge on any atom is 0.348 e. The SMILES string of the molecule is C=C(Nc1ccc(C(F)(F)Cl)cc1)C1=C/N=C/NCCC(C)C/C(c2ccn[nH]2)=C\1. The molecule has 1 atom stereocenters. The van der Waals surface area contributed by atoms with E-state index < -0.39 is 5.38 Å². The molecule has 0 bridgehead atoms. The Balaban J connectivity index is 1.87. The normalized spacial score (nSPS) is 22.5. The van der Waals surface area contributed by atoms with Crippen LogP contribution >= 0.6 is 11.6 Å². The molecule has 2 heterocycles. The molecule has 0 aliphatic carbocycles. The van der Waals surface area contributed by atoms with Crippen LogP contribution in [0.1, 0.15) is 31.0 Å². The maximum absolute atomic E-state index is 13.2. The van der Waals surface area contributed by atoms with E-state index in [9.17, 15) is 8.78 Å². The Kier molecular flexibility index (Phi) is 7.05. The molecule has 0 spiro atoms. The second-order valence-electron chi connectivity index (χ2n) is 7.23. The van der Waals surface area contributed by atoms with Gasteiger partial charge in [0.15, 0.2) is 0 Å². The van der Waals surface area contributed by atoms with Crippen LogP contribution < -0.4 is 10.6 Å². The number of aliphatic imine (C=N–C) groups is 1. The van der Waals surface area contributed by atoms with Crippen LogP contribution in [-0.2, 0) is 5.38 Å². The van der Waals surface area contributed by atoms with Crippen molar-refractivity contribution in [3.63, 3.8) is 0 Å². The van der Waals surface area contributed by atoms with Crippen molar-refractivity contribution in [1.82, 2.24) is 15.5 Å². The standard InChI is InChI=1S/C22H24ClF2N5/c1-15-7-9-26-14-27-13-18(12-17(11-15)21-8-10-28-30-21)16(2)29-20-5-3-19(4-6-20)22(23,24)25/h3-6,8,10,12-15,29H,2,7,9,11H2,1H3,(H,26,27)(H,28,30)/b17-12+,18-13+. The number of benzene rings is 1. The fraction of sp³-hybridized carbons (Fsp3) is 0.273. The molecule has 1 aromatic heterocycles. The number of nitrogens with one attached hydrogen (secondary N) is 3. The summed E-state index contributed by atoms with van der Waals surface area (Å²) in [5.41, 5.74) is 3.72. The molecule has 158 valence electrons. The van der Waals surface area contributed by atoms with Crippen LogP contribution in [0.4, 0.5) is 14.5 Å². The summed E-state index contributed by atoms with van der Waals surface area (Å²) in [5.74, 6) is 0.450. The van der Waals surface area contributed by atoms with E-state index in [0.717, 1.165) is 36.2 Å². The van der Waals surface area contributed by atoms with E-state index in [4.69, 9.17) is 11.6 Å². The second-order valence-corrected chi connectivity index (χ2v) is 7.71. The van der Waals surface area contributed by atoms with E-state index in [1.165, 1.54) is 24.3 Å². The van der Waals surface area contributed by atoms with Crippen LogP contribution in [0.3, 0.4) is 0 Å². The van der Waals surface area contributed by atoms with E-state index in [-0.39, 0.29) is 5.56 Å². The third kappa shape index (κ3) is 6.03. The lowest BCUT2D eigenvalue weighted by Crippen LogP contribution is -2.15. The van der Waals surface area contributed by atoms with Gasteiger partial charge in [-0.3, -0.25) is 5.10 Å². The van der Waals surface area contributed by atoms with Crippen molar-refractivity contribution in [1.29, 1.82) is 0 Å². The summed E-state index contributed by atoms with van der Waals surface area (Å²) in [6, 6.07) is 7.57. The molecule has 1 aliphatic rings. The van der Waals surface area contributed by atoms with Gasteiger partial charge in [0.25, 0.3) is 0 Å². The molecule has 3 rings (SSSR count). The van der Waals surface area contributed by atoms with Crippen LogP contribution in [0.25, 0.3) is 5.57 Å². The first-order valence-electron chi connectivity index (χ1n) is 9.62. The number of halogens is 3. The van der Waals surface area contributed by atoms with Crippen LogP contribution in [0, 0.1) is 5.92 Å². The molecule has 1 aliphatic heterocycles. The average molecular weight is 432 g/mol. The Morgan fingerprint density at radius 1 is 1.27 bits per heavy atom. The fourth-order valence-corrected chi connectivity index (χ4v) is 3.23. The average Bonchev–Trinajstić information content (AvgIpc) is 3.21. The fourth-order valence-electron chi connectivity index (χ4n) is 3.10. The van der Waals surface area contributed by atoms with Crippen LogP contribution in [0.5, 0.6) is 0 Å². The lowest BCUT2D eigenvalue weighted by atomic mass is 9.94. The molecular formula is C22H24ClF2N5. The molecule has 0 fully saturated rings. The largest absolute Gasteiger partial charge is 0.376 e. The second kappa shape index (κ2) is 9.71. The zero-order valence-electron chi connectivity index (χ0n) is 16.6. The number of hydrogen-bond donors (Lipinski definition) is 3. The number of aromatic nitrogens is 2. The van der Waals surface area contributed by atoms with Crippen LogP contribution in [0.15, 0.2) is 71.6 Å². The molecule has 0 radical (unpaired) electrons. The van der Waals surface area contributed by atoms with Crippen molar-refractivity contribution in [3.05, 3.63) is 77.9 Å². The molecule has 2 aromatic rings. The molecule has 5 nitrogen and oxygen atoms in total. The summed E-state index contributed by atoms with van der Waals surface area (Å²) in [7, 11) is 0. The summed E-state index contributed by atoms with van der Waals surface area (Å²) in [6.07, 6.45) is 8.96. The first-order chi connectivity index (χ1) is 14.3. The number of anilines is 1. The first kappa shape index (κ1) is 21.8. The van der Waals surface area contributed by atoms with Gasteiger partial charge in [0.05, 0.1) is 12.0 Å². The van der Waals surface area contributed by atoms with Gasteiger partial charge in [-0.15, -0.1) is 0 Å². The van der Waals surface area contributed by atoms with Crippen molar-refractivity contribution < 1.29 is 8.78 Å². The predicted molar refractivity (Wildman–Crippen MR) is 118 cm³/mol. The highest BCUT2D eigenvalue weighted by Gasteiger charge is 2.27. The minimum Gasteiger partial charge on any atom is -0.376 e. The highest BCUT2D eigenvalue weighted by Crippen LogP contribution is 2.33. The van der Waals surface area contributed by atoms with E-state index in [1.54, 1.807) is 18.7 Å². The lowest BCUT2D eigenvalue weighted by molar-refractivity contribution is 0.0951. The number of hydrogen-bond acceptors (Lipinski definition) is 4. The third-order valence-electron chi connectivity index (χ3n) is 4.76. The summed E-state index contributed by atoms with van der Waals surface area (Å²) < 4.78 is 26.4. The number of alkyl halides is 3. The quantitative estimate of drug-likeness (QED) is 0.537. The van der Waals surface area contributed by atoms with Crippen LogP contribution in [-0.4, -0.2) is 23.1 Å². The zero-order chi connectivity index (χ0) is 21.6. The highest BCUT2D eigenvalue weighted by molar-refractivity contribution is 6.21. The molecule has 0 saturated heterocycles. The molecule has 3 N–H and O–H groups in total. The molecule has 1 unspecified atom stereocenters. The molecular weight excluding hydrogens is 408 g/mol. The van der Waals surface area contributed by atoms with Crippen molar-refractivity contribution in [2.24, 2.45) is 10.9 Å². The van der Waals surface area contributed by atoms with Gasteiger partial charge in [-0.05, 0) is 72.3 Å². The Labute approximate surface area is 179 Å². The Morgan fingerprint density at radius 3 is 2.70 bits per heavy atom. The molecule has 0 amide bonds. The van der Waals surface area contributed by atoms with Crippen LogP contribution in [0.2, 0.25) is 0 Å². The van der Waals surface area contributed by atoms with Gasteiger partial charge in [-0.25, -0.2) is 4.99 Å². The molecule has 30 heavy (non-hydrogen) atoms. The minimum atomic E-state index is -3.40. The van der Waals surface area contributed by atoms with Crippen molar-refractivity contribution in [2.75, 3.05) is 11.9 Å². The number of aromatic amines is 1. The predicted octanol–water partition coefficient (Wildman–Crippen LogP) is 5.64. The number of H-pyrrole nitrogens is 1. The first-order valence-corrected chi connectivity index (χ1v) is 10.00. The minimum absolute atomic E-state index is 0.263. The molecule has 8 heteroatoms. The summed E-state index contributed by atoms with van der Waals surface area (Å²) in [4.78, 5) is 4.32. The van der Waals surface area contributed by atoms with Gasteiger partial charge in [0, 0.05) is 41.5 Å². The van der Waals surface area contributed by atoms with Gasteiger partial charge >= 0.3 is 5.38 Å². The van der Waals surface area contributed by atoms with Gasteiger partial charge in [-0.1, -0.05) is 13.5 Å². The molecule has 1 aromatic carbocycles. The van der Waals surface area contributed by atoms with Crippen molar-refractivity contribution >= 4 is 29.2 Å². The van der Waals surface area contributed by atoms with Crippen molar-refractivity contribution in [2.45, 2.75) is 25.1 Å². The Bertz CT molecular complexity index is 941. The van der Waals surface area contributed by atoms with Gasteiger partial charge in [-0.2, -0.15) is 13.9 Å². The smallest absolute Gasteiger partial charge is 0.348 e. The molecule has 0 saturated carbocycles.